The van der Waals surface area contributed by atoms with Crippen LogP contribution in [0, 0.1) is 6.92 Å². The Bertz CT molecular complexity index is 1010. The molecular weight excluding hydrogens is 352 g/mol. The molecule has 0 spiro atoms. The van der Waals surface area contributed by atoms with Crippen LogP contribution in [-0.4, -0.2) is 44.3 Å². The van der Waals surface area contributed by atoms with Crippen LogP contribution in [-0.2, 0) is 11.0 Å². The molecule has 5 nitrogen and oxygen atoms in total. The molecule has 0 radical (unpaired) electrons. The Hall–Kier alpha value is -2.71. The van der Waals surface area contributed by atoms with Crippen LogP contribution in [0.3, 0.4) is 0 Å². The van der Waals surface area contributed by atoms with Crippen LogP contribution in [0.4, 0.5) is 17.6 Å². The van der Waals surface area contributed by atoms with Crippen LogP contribution < -0.4 is 0 Å². The summed E-state index contributed by atoms with van der Waals surface area (Å²) in [4.78, 5) is 16.9. The Kier molecular flexibility index (Phi) is 3.46. The minimum absolute atomic E-state index is 0.0221. The molecule has 2 aromatic rings. The van der Waals surface area contributed by atoms with Gasteiger partial charge in [-0.2, -0.15) is 13.2 Å². The van der Waals surface area contributed by atoms with E-state index in [1.807, 2.05) is 0 Å². The van der Waals surface area contributed by atoms with Crippen molar-refractivity contribution in [1.82, 2.24) is 19.7 Å². The summed E-state index contributed by atoms with van der Waals surface area (Å²) in [5.41, 5.74) is -2.20. The lowest BCUT2D eigenvalue weighted by Crippen LogP contribution is -2.58. The number of nitrogens with zero attached hydrogens (tertiary/aromatic N) is 4. The molecule has 1 fully saturated rings. The average molecular weight is 371 g/mol. The van der Waals surface area contributed by atoms with Gasteiger partial charge in [0.25, 0.3) is 0 Å². The zero-order valence-electron chi connectivity index (χ0n) is 16.9. The highest BCUT2D eigenvalue weighted by atomic mass is 19.4. The fraction of sp³-hybridized carbons (Fsp3) is 0.353. The Morgan fingerprint density at radius 2 is 2.08 bits per heavy atom. The second-order valence-corrected chi connectivity index (χ2v) is 6.34. The number of halogens is 4. The van der Waals surface area contributed by atoms with E-state index in [2.05, 4.69) is 10.1 Å². The smallest absolute Gasteiger partial charge is 0.333 e. The highest BCUT2D eigenvalue weighted by Crippen LogP contribution is 2.32. The minimum atomic E-state index is -4.59. The van der Waals surface area contributed by atoms with E-state index in [4.69, 9.17) is 4.11 Å². The normalized spacial score (nSPS) is 19.2. The number of carbonyl (C=O) groups is 1. The van der Waals surface area contributed by atoms with E-state index in [0.717, 1.165) is 17.0 Å². The number of amides is 1. The van der Waals surface area contributed by atoms with Crippen molar-refractivity contribution >= 4 is 12.1 Å². The minimum Gasteiger partial charge on any atom is -0.333 e. The quantitative estimate of drug-likeness (QED) is 0.614. The van der Waals surface area contributed by atoms with Crippen molar-refractivity contribution < 1.29 is 26.5 Å². The number of aryl methyl sites for hydroxylation is 1. The standard InChI is InChI=1S/C17H16F4N4O/c1-11-5-12(7-13(6-11)17(19,20)21)15-22-10-25(23-15)4-3-14(26)24-8-16(2,18)9-24/h3-7,10H,8-9H2,1-2H3/b4-3-/i3D,4D,10D. The van der Waals surface area contributed by atoms with Crippen molar-refractivity contribution in [3.05, 3.63) is 41.7 Å². The van der Waals surface area contributed by atoms with Gasteiger partial charge in [0, 0.05) is 17.8 Å². The van der Waals surface area contributed by atoms with Gasteiger partial charge in [-0.3, -0.25) is 4.79 Å². The van der Waals surface area contributed by atoms with E-state index in [1.165, 1.54) is 19.9 Å². The Morgan fingerprint density at radius 1 is 1.38 bits per heavy atom. The molecule has 1 aromatic carbocycles. The lowest BCUT2D eigenvalue weighted by molar-refractivity contribution is -0.138. The number of carbonyl (C=O) groups excluding carboxylic acids is 1. The third-order valence-electron chi connectivity index (χ3n) is 3.71. The second-order valence-electron chi connectivity index (χ2n) is 6.34. The molecule has 26 heavy (non-hydrogen) atoms. The van der Waals surface area contributed by atoms with Crippen molar-refractivity contribution in [1.29, 1.82) is 0 Å². The number of likely N-dealkylation sites (tertiary alicyclic amines) is 1. The molecule has 1 aliphatic heterocycles. The molecule has 0 aliphatic carbocycles. The molecule has 0 saturated carbocycles. The summed E-state index contributed by atoms with van der Waals surface area (Å²) in [6.45, 7) is 2.32. The molecule has 0 atom stereocenters. The highest BCUT2D eigenvalue weighted by Gasteiger charge is 2.40. The van der Waals surface area contributed by atoms with Crippen LogP contribution >= 0.6 is 0 Å². The van der Waals surface area contributed by atoms with Gasteiger partial charge in [-0.15, -0.1) is 5.10 Å². The first kappa shape index (κ1) is 14.5. The maximum Gasteiger partial charge on any atom is 0.416 e. The van der Waals surface area contributed by atoms with Crippen LogP contribution in [0.15, 0.2) is 30.6 Å². The van der Waals surface area contributed by atoms with Crippen molar-refractivity contribution in [2.75, 3.05) is 13.1 Å². The van der Waals surface area contributed by atoms with Crippen LogP contribution in [0.25, 0.3) is 17.6 Å². The van der Waals surface area contributed by atoms with Gasteiger partial charge >= 0.3 is 6.18 Å². The van der Waals surface area contributed by atoms with Gasteiger partial charge in [0.05, 0.1) is 21.4 Å². The average Bonchev–Trinajstić information content (AvgIpc) is 2.98. The lowest BCUT2D eigenvalue weighted by atomic mass is 9.99. The van der Waals surface area contributed by atoms with Gasteiger partial charge in [0.2, 0.25) is 5.91 Å². The van der Waals surface area contributed by atoms with Gasteiger partial charge in [-0.25, -0.2) is 14.1 Å². The predicted molar refractivity (Wildman–Crippen MR) is 86.6 cm³/mol. The monoisotopic (exact) mass is 371 g/mol. The summed E-state index contributed by atoms with van der Waals surface area (Å²) < 4.78 is 76.8. The zero-order chi connectivity index (χ0) is 21.7. The number of hydrogen-bond donors (Lipinski definition) is 0. The summed E-state index contributed by atoms with van der Waals surface area (Å²) >= 11 is 0. The number of hydrogen-bond acceptors (Lipinski definition) is 3. The molecule has 9 heteroatoms. The van der Waals surface area contributed by atoms with E-state index < -0.39 is 41.8 Å². The Labute approximate surface area is 151 Å². The van der Waals surface area contributed by atoms with Gasteiger partial charge in [-0.05, 0) is 37.6 Å². The Balaban J connectivity index is 1.95. The van der Waals surface area contributed by atoms with Crippen molar-refractivity contribution in [2.45, 2.75) is 25.7 Å². The molecule has 0 unspecified atom stereocenters. The van der Waals surface area contributed by atoms with Crippen LogP contribution in [0.5, 0.6) is 0 Å². The molecule has 2 heterocycles. The van der Waals surface area contributed by atoms with Crippen molar-refractivity contribution in [3.63, 3.8) is 0 Å². The number of benzene rings is 1. The van der Waals surface area contributed by atoms with Crippen molar-refractivity contribution in [3.8, 4) is 11.4 Å². The summed E-state index contributed by atoms with van der Waals surface area (Å²) in [6.07, 6.45) is -6.00. The first-order chi connectivity index (χ1) is 13.3. The van der Waals surface area contributed by atoms with Gasteiger partial charge in [0.1, 0.15) is 13.3 Å². The molecule has 1 saturated heterocycles. The topological polar surface area (TPSA) is 51.0 Å². The summed E-state index contributed by atoms with van der Waals surface area (Å²) in [7, 11) is 0. The Morgan fingerprint density at radius 3 is 2.69 bits per heavy atom. The molecular formula is C17H16F4N4O. The SMILES string of the molecule is [2H]/C(C(=O)N1CC(C)(F)C1)=C(\[2H])n1nc(-c2cc(C)cc(C(F)(F)F)c2)nc1[2H]. The van der Waals surface area contributed by atoms with Crippen LogP contribution in [0.1, 0.15) is 22.2 Å². The van der Waals surface area contributed by atoms with Crippen LogP contribution in [0.2, 0.25) is 0 Å². The zero-order valence-corrected chi connectivity index (χ0v) is 13.9. The summed E-state index contributed by atoms with van der Waals surface area (Å²) in [5.74, 6) is -1.16. The van der Waals surface area contributed by atoms with E-state index >= 15 is 0 Å². The maximum absolute atomic E-state index is 13.6. The number of rotatable bonds is 3. The van der Waals surface area contributed by atoms with E-state index in [1.54, 1.807) is 0 Å². The summed E-state index contributed by atoms with van der Waals surface area (Å²) in [5, 5.41) is 3.82. The number of aromatic nitrogens is 3. The fourth-order valence-corrected chi connectivity index (χ4v) is 2.56. The van der Waals surface area contributed by atoms with Gasteiger partial charge in [-0.1, -0.05) is 0 Å². The molecule has 1 aliphatic rings. The third kappa shape index (κ3) is 3.92. The van der Waals surface area contributed by atoms with Gasteiger partial charge < -0.3 is 4.90 Å². The molecule has 0 bridgehead atoms. The van der Waals surface area contributed by atoms with Gasteiger partial charge in [0.15, 0.2) is 5.82 Å². The first-order valence-electron chi connectivity index (χ1n) is 9.07. The molecule has 138 valence electrons. The molecule has 1 aromatic heterocycles. The largest absolute Gasteiger partial charge is 0.416 e. The summed E-state index contributed by atoms with van der Waals surface area (Å²) in [6, 6.07) is 2.32. The van der Waals surface area contributed by atoms with E-state index in [0.29, 0.717) is 10.2 Å². The second kappa shape index (κ2) is 6.22. The third-order valence-corrected chi connectivity index (χ3v) is 3.71. The van der Waals surface area contributed by atoms with E-state index in [9.17, 15) is 22.4 Å². The number of alkyl halides is 4. The molecule has 1 amide bonds. The van der Waals surface area contributed by atoms with E-state index in [-0.39, 0.29) is 24.5 Å². The maximum atomic E-state index is 13.6. The lowest BCUT2D eigenvalue weighted by Gasteiger charge is -2.41. The molecule has 0 N–H and O–H groups in total. The highest BCUT2D eigenvalue weighted by molar-refractivity contribution is 5.90. The predicted octanol–water partition coefficient (Wildman–Crippen LogP) is 3.31. The molecule has 3 rings (SSSR count). The first-order valence-corrected chi connectivity index (χ1v) is 7.57. The fourth-order valence-electron chi connectivity index (χ4n) is 2.56. The van der Waals surface area contributed by atoms with Crippen molar-refractivity contribution in [2.24, 2.45) is 0 Å².